The first-order valence-corrected chi connectivity index (χ1v) is 8.79. The van der Waals surface area contributed by atoms with E-state index in [-0.39, 0.29) is 11.7 Å². The van der Waals surface area contributed by atoms with Gasteiger partial charge in [-0.05, 0) is 42.6 Å². The van der Waals surface area contributed by atoms with Crippen molar-refractivity contribution in [2.75, 3.05) is 7.11 Å². The van der Waals surface area contributed by atoms with Crippen molar-refractivity contribution in [1.29, 1.82) is 0 Å². The lowest BCUT2D eigenvalue weighted by Crippen LogP contribution is -2.06. The Morgan fingerprint density at radius 3 is 2.88 bits per heavy atom. The Hall–Kier alpha value is -2.60. The van der Waals surface area contributed by atoms with Crippen LogP contribution in [0.15, 0.2) is 30.5 Å². The third kappa shape index (κ3) is 3.12. The van der Waals surface area contributed by atoms with Gasteiger partial charge in [0.15, 0.2) is 11.5 Å². The van der Waals surface area contributed by atoms with E-state index in [1.165, 1.54) is 0 Å². The standard InChI is InChI=1S/C19H18ClN3O3/c1-23-17-14(22-19(23)20)5-6-16(18(17)25-2)26-13-7-8-21-12(9-13)10-15(24)11-3-4-11/h5-9,11H,3-4,10H2,1-2H3. The van der Waals surface area contributed by atoms with Gasteiger partial charge in [-0.25, -0.2) is 4.98 Å². The lowest BCUT2D eigenvalue weighted by atomic mass is 10.1. The number of carbonyl (C=O) groups is 1. The molecule has 0 radical (unpaired) electrons. The second-order valence-electron chi connectivity index (χ2n) is 6.41. The quantitative estimate of drug-likeness (QED) is 0.656. The summed E-state index contributed by atoms with van der Waals surface area (Å²) in [6.07, 6.45) is 3.99. The van der Waals surface area contributed by atoms with Crippen LogP contribution in [0.5, 0.6) is 17.2 Å². The summed E-state index contributed by atoms with van der Waals surface area (Å²) in [6.45, 7) is 0. The third-order valence-electron chi connectivity index (χ3n) is 4.51. The van der Waals surface area contributed by atoms with Gasteiger partial charge in [0.05, 0.1) is 18.3 Å². The van der Waals surface area contributed by atoms with E-state index in [0.717, 1.165) is 23.9 Å². The van der Waals surface area contributed by atoms with Crippen LogP contribution in [-0.4, -0.2) is 27.4 Å². The van der Waals surface area contributed by atoms with E-state index in [1.54, 1.807) is 36.1 Å². The molecular weight excluding hydrogens is 354 g/mol. The zero-order valence-electron chi connectivity index (χ0n) is 14.5. The number of aryl methyl sites for hydroxylation is 1. The van der Waals surface area contributed by atoms with Crippen LogP contribution in [0.25, 0.3) is 11.0 Å². The highest BCUT2D eigenvalue weighted by Gasteiger charge is 2.29. The van der Waals surface area contributed by atoms with Crippen LogP contribution in [0.3, 0.4) is 0 Å². The van der Waals surface area contributed by atoms with Gasteiger partial charge in [-0.3, -0.25) is 9.78 Å². The van der Waals surface area contributed by atoms with Crippen molar-refractivity contribution in [3.8, 4) is 17.2 Å². The van der Waals surface area contributed by atoms with Crippen molar-refractivity contribution < 1.29 is 14.3 Å². The van der Waals surface area contributed by atoms with Crippen LogP contribution in [0, 0.1) is 5.92 Å². The molecular formula is C19H18ClN3O3. The summed E-state index contributed by atoms with van der Waals surface area (Å²) >= 11 is 6.11. The Bertz CT molecular complexity index is 995. The van der Waals surface area contributed by atoms with Crippen molar-refractivity contribution >= 4 is 28.4 Å². The molecule has 0 amide bonds. The normalized spacial score (nSPS) is 13.8. The Morgan fingerprint density at radius 1 is 1.35 bits per heavy atom. The van der Waals surface area contributed by atoms with E-state index in [2.05, 4.69) is 9.97 Å². The minimum absolute atomic E-state index is 0.221. The van der Waals surface area contributed by atoms with E-state index in [1.807, 2.05) is 13.1 Å². The largest absolute Gasteiger partial charge is 0.491 e. The molecule has 1 aliphatic rings. The molecule has 26 heavy (non-hydrogen) atoms. The Morgan fingerprint density at radius 2 is 2.15 bits per heavy atom. The topological polar surface area (TPSA) is 66.2 Å². The number of halogens is 1. The summed E-state index contributed by atoms with van der Waals surface area (Å²) in [5.41, 5.74) is 2.20. The Kier molecular flexibility index (Phi) is 4.28. The van der Waals surface area contributed by atoms with Crippen molar-refractivity contribution in [1.82, 2.24) is 14.5 Å². The van der Waals surface area contributed by atoms with Crippen LogP contribution in [-0.2, 0) is 18.3 Å². The number of hydrogen-bond acceptors (Lipinski definition) is 5. The summed E-state index contributed by atoms with van der Waals surface area (Å²) in [5, 5.41) is 0.375. The molecule has 0 unspecified atom stereocenters. The third-order valence-corrected chi connectivity index (χ3v) is 4.85. The Balaban J connectivity index is 1.64. The minimum atomic E-state index is 0.221. The van der Waals surface area contributed by atoms with E-state index in [9.17, 15) is 4.79 Å². The van der Waals surface area contributed by atoms with Gasteiger partial charge in [0.2, 0.25) is 5.28 Å². The van der Waals surface area contributed by atoms with Gasteiger partial charge in [-0.1, -0.05) is 0 Å². The number of pyridine rings is 1. The highest BCUT2D eigenvalue weighted by atomic mass is 35.5. The van der Waals surface area contributed by atoms with Crippen LogP contribution < -0.4 is 9.47 Å². The van der Waals surface area contributed by atoms with Crippen molar-refractivity contribution in [3.63, 3.8) is 0 Å². The number of imidazole rings is 1. The van der Waals surface area contributed by atoms with Gasteiger partial charge in [-0.2, -0.15) is 0 Å². The number of methoxy groups -OCH3 is 1. The summed E-state index contributed by atoms with van der Waals surface area (Å²) in [5.74, 6) is 2.17. The van der Waals surface area contributed by atoms with Crippen molar-refractivity contribution in [2.24, 2.45) is 13.0 Å². The van der Waals surface area contributed by atoms with Gasteiger partial charge in [0, 0.05) is 31.6 Å². The molecule has 0 spiro atoms. The molecule has 1 aromatic carbocycles. The summed E-state index contributed by atoms with van der Waals surface area (Å²) in [6, 6.07) is 7.17. The molecule has 0 N–H and O–H groups in total. The first-order chi connectivity index (χ1) is 12.6. The number of rotatable bonds is 6. The number of ether oxygens (including phenoxy) is 2. The number of Topliss-reactive ketones (excluding diaryl/α,β-unsaturated/α-hetero) is 1. The second kappa shape index (κ2) is 6.61. The predicted octanol–water partition coefficient (Wildman–Crippen LogP) is 3.94. The molecule has 1 saturated carbocycles. The Labute approximate surface area is 155 Å². The molecule has 1 aliphatic carbocycles. The van der Waals surface area contributed by atoms with Gasteiger partial charge in [0.1, 0.15) is 17.0 Å². The second-order valence-corrected chi connectivity index (χ2v) is 6.74. The predicted molar refractivity (Wildman–Crippen MR) is 98.0 cm³/mol. The maximum atomic E-state index is 12.0. The molecule has 0 bridgehead atoms. The van der Waals surface area contributed by atoms with Gasteiger partial charge >= 0.3 is 0 Å². The molecule has 1 fully saturated rings. The molecule has 3 aromatic rings. The number of aromatic nitrogens is 3. The molecule has 0 aliphatic heterocycles. The highest BCUT2D eigenvalue weighted by molar-refractivity contribution is 6.29. The van der Waals surface area contributed by atoms with Crippen molar-refractivity contribution in [2.45, 2.75) is 19.3 Å². The summed E-state index contributed by atoms with van der Waals surface area (Å²) in [7, 11) is 3.40. The molecule has 6 nitrogen and oxygen atoms in total. The molecule has 2 aromatic heterocycles. The van der Waals surface area contributed by atoms with E-state index in [0.29, 0.717) is 34.6 Å². The molecule has 0 saturated heterocycles. The highest BCUT2D eigenvalue weighted by Crippen LogP contribution is 2.39. The van der Waals surface area contributed by atoms with Crippen molar-refractivity contribution in [3.05, 3.63) is 41.4 Å². The number of ketones is 1. The van der Waals surface area contributed by atoms with E-state index in [4.69, 9.17) is 21.1 Å². The van der Waals surface area contributed by atoms with Gasteiger partial charge in [-0.15, -0.1) is 0 Å². The summed E-state index contributed by atoms with van der Waals surface area (Å²) < 4.78 is 13.3. The van der Waals surface area contributed by atoms with Crippen LogP contribution in [0.2, 0.25) is 5.28 Å². The fraction of sp³-hybridized carbons (Fsp3) is 0.316. The van der Waals surface area contributed by atoms with Crippen LogP contribution in [0.1, 0.15) is 18.5 Å². The van der Waals surface area contributed by atoms with E-state index < -0.39 is 0 Å². The van der Waals surface area contributed by atoms with Crippen LogP contribution in [0.4, 0.5) is 0 Å². The van der Waals surface area contributed by atoms with Gasteiger partial charge < -0.3 is 14.0 Å². The zero-order valence-corrected chi connectivity index (χ0v) is 15.3. The number of hydrogen-bond donors (Lipinski definition) is 0. The average Bonchev–Trinajstić information content (AvgIpc) is 3.43. The molecule has 7 heteroatoms. The number of nitrogens with zero attached hydrogens (tertiary/aromatic N) is 3. The molecule has 134 valence electrons. The SMILES string of the molecule is COc1c(Oc2ccnc(CC(=O)C3CC3)c2)ccc2nc(Cl)n(C)c12. The molecule has 2 heterocycles. The molecule has 0 atom stereocenters. The lowest BCUT2D eigenvalue weighted by molar-refractivity contribution is -0.119. The maximum absolute atomic E-state index is 12.0. The number of carbonyl (C=O) groups excluding carboxylic acids is 1. The monoisotopic (exact) mass is 371 g/mol. The number of benzene rings is 1. The van der Waals surface area contributed by atoms with Gasteiger partial charge in [0.25, 0.3) is 0 Å². The van der Waals surface area contributed by atoms with E-state index >= 15 is 0 Å². The minimum Gasteiger partial charge on any atom is -0.491 e. The van der Waals surface area contributed by atoms with Crippen LogP contribution >= 0.6 is 11.6 Å². The fourth-order valence-corrected chi connectivity index (χ4v) is 3.15. The summed E-state index contributed by atoms with van der Waals surface area (Å²) in [4.78, 5) is 20.6. The number of fused-ring (bicyclic) bond motifs is 1. The zero-order chi connectivity index (χ0) is 18.3. The lowest BCUT2D eigenvalue weighted by Gasteiger charge is -2.12. The maximum Gasteiger partial charge on any atom is 0.203 e. The fourth-order valence-electron chi connectivity index (χ4n) is 2.97. The first kappa shape index (κ1) is 16.8. The molecule has 4 rings (SSSR count). The smallest absolute Gasteiger partial charge is 0.203 e. The first-order valence-electron chi connectivity index (χ1n) is 8.41. The average molecular weight is 372 g/mol.